The van der Waals surface area contributed by atoms with E-state index in [9.17, 15) is 14.1 Å². The number of nitrogens with one attached hydrogen (secondary N) is 1. The molecule has 1 N–H and O–H groups in total. The number of ether oxygens (including phenoxy) is 1. The van der Waals surface area contributed by atoms with Gasteiger partial charge in [-0.25, -0.2) is 4.79 Å². The second kappa shape index (κ2) is 8.10. The molecule has 32 heavy (non-hydrogen) atoms. The standard InChI is InChI=1S/C22H25N5O4S/c1-13-7-6-8-15-17(13)27(21(29)31-22(2,3)4)10-9-26(15)16-11-14-12-23-20(32(5)30)25-18(14)24-19(16)28/h6-8,11-12H,9-10H2,1-5H3,(H,23,24,25,28). The van der Waals surface area contributed by atoms with Crippen molar-refractivity contribution in [1.29, 1.82) is 0 Å². The zero-order chi connectivity index (χ0) is 23.2. The topological polar surface area (TPSA) is 114 Å². The molecule has 1 aliphatic rings. The molecule has 1 aliphatic heterocycles. The molecular formula is C22H25N5O4S. The molecule has 3 aromatic rings. The van der Waals surface area contributed by atoms with Gasteiger partial charge in [-0.2, -0.15) is 9.97 Å². The van der Waals surface area contributed by atoms with Crippen LogP contribution < -0.4 is 15.4 Å². The number of benzene rings is 1. The van der Waals surface area contributed by atoms with Gasteiger partial charge in [0.15, 0.2) is 0 Å². The van der Waals surface area contributed by atoms with Gasteiger partial charge in [-0.15, -0.1) is 0 Å². The van der Waals surface area contributed by atoms with Crippen LogP contribution in [0.25, 0.3) is 11.0 Å². The molecule has 0 spiro atoms. The Morgan fingerprint density at radius 3 is 2.69 bits per heavy atom. The predicted octanol–water partition coefficient (Wildman–Crippen LogP) is 3.26. The molecule has 1 amide bonds. The molecule has 1 atom stereocenters. The minimum Gasteiger partial charge on any atom is -0.609 e. The summed E-state index contributed by atoms with van der Waals surface area (Å²) in [4.78, 5) is 40.4. The van der Waals surface area contributed by atoms with Crippen molar-refractivity contribution in [1.82, 2.24) is 15.0 Å². The monoisotopic (exact) mass is 455 g/mol. The van der Waals surface area contributed by atoms with E-state index in [1.54, 1.807) is 17.2 Å². The molecule has 168 valence electrons. The number of aromatic amines is 1. The summed E-state index contributed by atoms with van der Waals surface area (Å²) in [6.45, 7) is 8.17. The Kier molecular flexibility index (Phi) is 5.59. The zero-order valence-corrected chi connectivity index (χ0v) is 19.4. The summed E-state index contributed by atoms with van der Waals surface area (Å²) in [5.74, 6) is 0. The molecular weight excluding hydrogens is 430 g/mol. The first-order chi connectivity index (χ1) is 15.0. The summed E-state index contributed by atoms with van der Waals surface area (Å²) >= 11 is -1.35. The number of fused-ring (bicyclic) bond motifs is 2. The number of hydrogen-bond acceptors (Lipinski definition) is 7. The van der Waals surface area contributed by atoms with E-state index in [4.69, 9.17) is 4.74 Å². The molecule has 3 heterocycles. The predicted molar refractivity (Wildman–Crippen MR) is 124 cm³/mol. The highest BCUT2D eigenvalue weighted by molar-refractivity contribution is 7.90. The maximum atomic E-state index is 13.0. The van der Waals surface area contributed by atoms with E-state index in [0.717, 1.165) is 11.3 Å². The van der Waals surface area contributed by atoms with Crippen LogP contribution in [0, 0.1) is 6.92 Å². The van der Waals surface area contributed by atoms with Crippen molar-refractivity contribution in [3.63, 3.8) is 0 Å². The van der Waals surface area contributed by atoms with Crippen molar-refractivity contribution < 1.29 is 14.1 Å². The van der Waals surface area contributed by atoms with Crippen LogP contribution in [0.1, 0.15) is 26.3 Å². The number of rotatable bonds is 2. The van der Waals surface area contributed by atoms with E-state index in [-0.39, 0.29) is 10.7 Å². The third kappa shape index (κ3) is 4.15. The second-order valence-electron chi connectivity index (χ2n) is 8.62. The number of anilines is 3. The van der Waals surface area contributed by atoms with Gasteiger partial charge in [-0.1, -0.05) is 12.1 Å². The molecule has 1 unspecified atom stereocenters. The molecule has 9 nitrogen and oxygen atoms in total. The van der Waals surface area contributed by atoms with E-state index in [2.05, 4.69) is 15.0 Å². The Morgan fingerprint density at radius 1 is 1.25 bits per heavy atom. The number of para-hydroxylation sites is 1. The Hall–Kier alpha value is -3.11. The summed E-state index contributed by atoms with van der Waals surface area (Å²) < 4.78 is 17.3. The molecule has 0 radical (unpaired) electrons. The van der Waals surface area contributed by atoms with Gasteiger partial charge in [0.25, 0.3) is 5.56 Å². The number of nitrogens with zero attached hydrogens (tertiary/aromatic N) is 4. The molecule has 10 heteroatoms. The van der Waals surface area contributed by atoms with E-state index >= 15 is 0 Å². The number of aryl methyl sites for hydroxylation is 1. The van der Waals surface area contributed by atoms with Crippen LogP contribution in [0.2, 0.25) is 0 Å². The SMILES string of the molecule is Cc1cccc2c1N(C(=O)OC(C)(C)C)CCN2c1cc2cnc([S+](C)[O-])nc2[nH]c1=O. The van der Waals surface area contributed by atoms with Crippen LogP contribution in [0.15, 0.2) is 40.4 Å². The number of pyridine rings is 1. The molecule has 0 saturated carbocycles. The minimum absolute atomic E-state index is 0.160. The highest BCUT2D eigenvalue weighted by Crippen LogP contribution is 2.39. The smallest absolute Gasteiger partial charge is 0.414 e. The lowest BCUT2D eigenvalue weighted by Gasteiger charge is -2.38. The Labute approximate surface area is 188 Å². The maximum absolute atomic E-state index is 13.0. The van der Waals surface area contributed by atoms with Gasteiger partial charge in [0.2, 0.25) is 0 Å². The van der Waals surface area contributed by atoms with Crippen LogP contribution in [0.4, 0.5) is 21.9 Å². The fraction of sp³-hybridized carbons (Fsp3) is 0.364. The van der Waals surface area contributed by atoms with Gasteiger partial charge in [0.1, 0.15) is 23.2 Å². The van der Waals surface area contributed by atoms with Gasteiger partial charge < -0.3 is 19.2 Å². The lowest BCUT2D eigenvalue weighted by molar-refractivity contribution is 0.0580. The van der Waals surface area contributed by atoms with Crippen LogP contribution in [-0.4, -0.2) is 50.5 Å². The van der Waals surface area contributed by atoms with Crippen molar-refractivity contribution in [2.45, 2.75) is 38.5 Å². The largest absolute Gasteiger partial charge is 0.609 e. The van der Waals surface area contributed by atoms with Crippen molar-refractivity contribution in [2.24, 2.45) is 0 Å². The van der Waals surface area contributed by atoms with Crippen LogP contribution in [0.5, 0.6) is 0 Å². The lowest BCUT2D eigenvalue weighted by Crippen LogP contribution is -2.46. The van der Waals surface area contributed by atoms with Crippen molar-refractivity contribution in [2.75, 3.05) is 29.1 Å². The van der Waals surface area contributed by atoms with Crippen LogP contribution >= 0.6 is 0 Å². The summed E-state index contributed by atoms with van der Waals surface area (Å²) in [6, 6.07) is 7.40. The van der Waals surface area contributed by atoms with Gasteiger partial charge in [-0.3, -0.25) is 9.69 Å². The Balaban J connectivity index is 1.79. The number of carbonyl (C=O) groups excluding carboxylic acids is 1. The van der Waals surface area contributed by atoms with Crippen LogP contribution in [-0.2, 0) is 15.9 Å². The Morgan fingerprint density at radius 2 is 2.00 bits per heavy atom. The third-order valence-electron chi connectivity index (χ3n) is 5.04. The van der Waals surface area contributed by atoms with Crippen molar-refractivity contribution in [3.8, 4) is 0 Å². The summed E-state index contributed by atoms with van der Waals surface area (Å²) in [5, 5.41) is 0.783. The highest BCUT2D eigenvalue weighted by Gasteiger charge is 2.32. The third-order valence-corrected chi connectivity index (χ3v) is 5.75. The molecule has 1 aromatic carbocycles. The number of hydrogen-bond donors (Lipinski definition) is 1. The fourth-order valence-electron chi connectivity index (χ4n) is 3.70. The summed E-state index contributed by atoms with van der Waals surface area (Å²) in [7, 11) is 0. The second-order valence-corrected chi connectivity index (χ2v) is 9.89. The van der Waals surface area contributed by atoms with Crippen LogP contribution in [0.3, 0.4) is 0 Å². The zero-order valence-electron chi connectivity index (χ0n) is 18.6. The number of H-pyrrole nitrogens is 1. The van der Waals surface area contributed by atoms with E-state index in [0.29, 0.717) is 35.5 Å². The first-order valence-corrected chi connectivity index (χ1v) is 11.7. The minimum atomic E-state index is -1.35. The highest BCUT2D eigenvalue weighted by atomic mass is 32.2. The Bertz CT molecular complexity index is 1250. The maximum Gasteiger partial charge on any atom is 0.414 e. The fourth-order valence-corrected chi connectivity index (χ4v) is 4.12. The normalized spacial score (nSPS) is 14.9. The molecule has 2 aromatic heterocycles. The average Bonchev–Trinajstić information content (AvgIpc) is 2.71. The van der Waals surface area contributed by atoms with Gasteiger partial charge in [0, 0.05) is 35.8 Å². The first-order valence-electron chi connectivity index (χ1n) is 10.2. The number of carbonyl (C=O) groups is 1. The summed E-state index contributed by atoms with van der Waals surface area (Å²) in [5.41, 5.74) is 2.14. The average molecular weight is 456 g/mol. The molecule has 0 saturated heterocycles. The van der Waals surface area contributed by atoms with Gasteiger partial charge in [-0.05, 0) is 45.4 Å². The first kappa shape index (κ1) is 22.1. The number of amides is 1. The van der Waals surface area contributed by atoms with E-state index < -0.39 is 22.9 Å². The van der Waals surface area contributed by atoms with E-state index in [1.807, 2.05) is 50.8 Å². The summed E-state index contributed by atoms with van der Waals surface area (Å²) in [6.07, 6.45) is 2.61. The van der Waals surface area contributed by atoms with Gasteiger partial charge >= 0.3 is 11.2 Å². The molecule has 0 aliphatic carbocycles. The molecule has 0 bridgehead atoms. The van der Waals surface area contributed by atoms with Crippen molar-refractivity contribution in [3.05, 3.63) is 46.4 Å². The number of aromatic nitrogens is 3. The van der Waals surface area contributed by atoms with Crippen molar-refractivity contribution >= 4 is 45.4 Å². The quantitative estimate of drug-likeness (QED) is 0.466. The lowest BCUT2D eigenvalue weighted by atomic mass is 10.1. The molecule has 4 rings (SSSR count). The van der Waals surface area contributed by atoms with E-state index in [1.165, 1.54) is 6.26 Å². The molecule has 0 fully saturated rings. The van der Waals surface area contributed by atoms with Gasteiger partial charge in [0.05, 0.1) is 11.4 Å².